The van der Waals surface area contributed by atoms with E-state index in [0.717, 1.165) is 29.0 Å². The van der Waals surface area contributed by atoms with Crippen molar-refractivity contribution in [3.05, 3.63) is 78.1 Å². The first-order chi connectivity index (χ1) is 15.4. The van der Waals surface area contributed by atoms with Gasteiger partial charge in [-0.1, -0.05) is 29.5 Å². The van der Waals surface area contributed by atoms with Gasteiger partial charge in [0.1, 0.15) is 11.6 Å². The van der Waals surface area contributed by atoms with Crippen LogP contribution in [0.2, 0.25) is 0 Å². The van der Waals surface area contributed by atoms with Crippen LogP contribution in [0.1, 0.15) is 12.5 Å². The first kappa shape index (κ1) is 21.7. The van der Waals surface area contributed by atoms with Gasteiger partial charge in [-0.3, -0.25) is 4.72 Å². The predicted molar refractivity (Wildman–Crippen MR) is 121 cm³/mol. The minimum atomic E-state index is -4.03. The Hall–Kier alpha value is -3.50. The number of nitrogens with one attached hydrogen (secondary N) is 1. The van der Waals surface area contributed by atoms with Crippen molar-refractivity contribution in [2.75, 3.05) is 11.3 Å². The van der Waals surface area contributed by atoms with Gasteiger partial charge in [0.05, 0.1) is 27.4 Å². The lowest BCUT2D eigenvalue weighted by Gasteiger charge is -2.16. The Kier molecular flexibility index (Phi) is 6.06. The molecule has 1 N–H and O–H groups in total. The summed E-state index contributed by atoms with van der Waals surface area (Å²) in [6.07, 6.45) is 0. The number of para-hydroxylation sites is 1. The smallest absolute Gasteiger partial charge is 0.261 e. The Morgan fingerprint density at radius 3 is 2.66 bits per heavy atom. The number of hydrogen-bond acceptors (Lipinski definition) is 7. The molecular weight excluding hydrogens is 453 g/mol. The van der Waals surface area contributed by atoms with Crippen LogP contribution in [-0.2, 0) is 10.0 Å². The van der Waals surface area contributed by atoms with Gasteiger partial charge in [-0.2, -0.15) is 0 Å². The number of thiazole rings is 1. The number of hydrogen-bond donors (Lipinski definition) is 1. The highest BCUT2D eigenvalue weighted by Crippen LogP contribution is 2.31. The summed E-state index contributed by atoms with van der Waals surface area (Å²) in [5.74, 6) is -0.504. The Labute approximate surface area is 187 Å². The summed E-state index contributed by atoms with van der Waals surface area (Å²) in [4.78, 5) is 8.27. The third-order valence-electron chi connectivity index (χ3n) is 4.38. The first-order valence-electron chi connectivity index (χ1n) is 9.52. The SMILES string of the molecule is CCOc1ccc2nc(N=C([O-])c3ccccc3NS(=O)(=O)c3ccc(F)cc3)sc2c1. The second-order valence-electron chi connectivity index (χ2n) is 6.58. The third-order valence-corrected chi connectivity index (χ3v) is 6.68. The molecule has 1 aromatic heterocycles. The molecular formula is C22H17FN3O4S2-. The van der Waals surface area contributed by atoms with E-state index in [1.807, 2.05) is 13.0 Å². The minimum absolute atomic E-state index is 0.0605. The molecule has 0 atom stereocenters. The van der Waals surface area contributed by atoms with Gasteiger partial charge < -0.3 is 9.84 Å². The molecule has 0 aliphatic carbocycles. The summed E-state index contributed by atoms with van der Waals surface area (Å²) in [6, 6.07) is 15.9. The van der Waals surface area contributed by atoms with Crippen molar-refractivity contribution in [2.24, 2.45) is 4.99 Å². The number of ether oxygens (including phenoxy) is 1. The van der Waals surface area contributed by atoms with Crippen LogP contribution in [-0.4, -0.2) is 25.9 Å². The van der Waals surface area contributed by atoms with Crippen LogP contribution in [0.25, 0.3) is 10.2 Å². The Morgan fingerprint density at radius 2 is 1.91 bits per heavy atom. The van der Waals surface area contributed by atoms with Crippen LogP contribution >= 0.6 is 11.3 Å². The quantitative estimate of drug-likeness (QED) is 0.324. The van der Waals surface area contributed by atoms with Crippen LogP contribution in [0.3, 0.4) is 0 Å². The van der Waals surface area contributed by atoms with E-state index in [1.54, 1.807) is 24.3 Å². The zero-order valence-corrected chi connectivity index (χ0v) is 18.4. The van der Waals surface area contributed by atoms with E-state index >= 15 is 0 Å². The number of fused-ring (bicyclic) bond motifs is 1. The first-order valence-corrected chi connectivity index (χ1v) is 11.8. The summed E-state index contributed by atoms with van der Waals surface area (Å²) in [5.41, 5.74) is 0.799. The fourth-order valence-corrected chi connectivity index (χ4v) is 4.86. The molecule has 164 valence electrons. The average molecular weight is 471 g/mol. The summed E-state index contributed by atoms with van der Waals surface area (Å²) >= 11 is 1.22. The van der Waals surface area contributed by atoms with Crippen LogP contribution in [0.4, 0.5) is 15.2 Å². The molecule has 0 fully saturated rings. The normalized spacial score (nSPS) is 12.1. The Balaban J connectivity index is 1.65. The number of aliphatic imine (C=N–C) groups is 1. The second-order valence-corrected chi connectivity index (χ2v) is 9.27. The summed E-state index contributed by atoms with van der Waals surface area (Å²) in [6.45, 7) is 2.42. The molecule has 3 aromatic carbocycles. The highest BCUT2D eigenvalue weighted by Gasteiger charge is 2.16. The molecule has 7 nitrogen and oxygen atoms in total. The maximum Gasteiger partial charge on any atom is 0.261 e. The summed E-state index contributed by atoms with van der Waals surface area (Å²) in [5, 5.41) is 13.1. The molecule has 0 amide bonds. The molecule has 0 radical (unpaired) electrons. The van der Waals surface area contributed by atoms with E-state index in [4.69, 9.17) is 4.74 Å². The number of nitrogens with zero attached hydrogens (tertiary/aromatic N) is 2. The predicted octanol–water partition coefficient (Wildman–Crippen LogP) is 4.07. The van der Waals surface area contributed by atoms with Crippen LogP contribution in [0.15, 0.2) is 76.6 Å². The van der Waals surface area contributed by atoms with Gasteiger partial charge >= 0.3 is 0 Å². The van der Waals surface area contributed by atoms with Crippen molar-refractivity contribution in [1.82, 2.24) is 4.98 Å². The monoisotopic (exact) mass is 470 g/mol. The minimum Gasteiger partial charge on any atom is -0.858 e. The lowest BCUT2D eigenvalue weighted by Crippen LogP contribution is -2.22. The maximum atomic E-state index is 13.1. The van der Waals surface area contributed by atoms with E-state index in [1.165, 1.54) is 23.5 Å². The molecule has 1 heterocycles. The van der Waals surface area contributed by atoms with Crippen molar-refractivity contribution in [1.29, 1.82) is 0 Å². The maximum absolute atomic E-state index is 13.1. The van der Waals surface area contributed by atoms with E-state index in [2.05, 4.69) is 14.7 Å². The highest BCUT2D eigenvalue weighted by molar-refractivity contribution is 7.92. The fourth-order valence-electron chi connectivity index (χ4n) is 2.92. The molecule has 32 heavy (non-hydrogen) atoms. The number of aromatic nitrogens is 1. The van der Waals surface area contributed by atoms with Gasteiger partial charge in [0.2, 0.25) is 5.13 Å². The highest BCUT2D eigenvalue weighted by atomic mass is 32.2. The van der Waals surface area contributed by atoms with E-state index in [0.29, 0.717) is 17.9 Å². The van der Waals surface area contributed by atoms with Gasteiger partial charge in [0.15, 0.2) is 0 Å². The second kappa shape index (κ2) is 8.93. The summed E-state index contributed by atoms with van der Waals surface area (Å²) < 4.78 is 47.1. The molecule has 0 aliphatic heterocycles. The summed E-state index contributed by atoms with van der Waals surface area (Å²) in [7, 11) is -4.03. The number of anilines is 1. The van der Waals surface area contributed by atoms with E-state index < -0.39 is 21.7 Å². The van der Waals surface area contributed by atoms with Gasteiger partial charge in [0, 0.05) is 5.56 Å². The molecule has 0 unspecified atom stereocenters. The van der Waals surface area contributed by atoms with Crippen molar-refractivity contribution < 1.29 is 22.7 Å². The number of sulfonamides is 1. The number of rotatable bonds is 7. The zero-order valence-electron chi connectivity index (χ0n) is 16.8. The molecule has 0 saturated heterocycles. The van der Waals surface area contributed by atoms with Gasteiger partial charge in [-0.05, 0) is 61.4 Å². The topological polar surface area (TPSA) is 104 Å². The molecule has 4 rings (SSSR count). The van der Waals surface area contributed by atoms with Crippen molar-refractivity contribution in [3.8, 4) is 5.75 Å². The van der Waals surface area contributed by atoms with Gasteiger partial charge in [-0.15, -0.1) is 0 Å². The van der Waals surface area contributed by atoms with E-state index in [9.17, 15) is 17.9 Å². The Morgan fingerprint density at radius 1 is 1.16 bits per heavy atom. The van der Waals surface area contributed by atoms with Crippen molar-refractivity contribution >= 4 is 48.3 Å². The standard InChI is InChI=1S/C22H18FN3O4S2/c1-2-30-15-9-12-19-20(13-15)31-22(24-19)25-21(27)17-5-3-4-6-18(17)26-32(28,29)16-10-7-14(23)8-11-16/h3-13,26H,2H2,1H3,(H,24,25,27)/p-1. The van der Waals surface area contributed by atoms with Crippen molar-refractivity contribution in [2.45, 2.75) is 11.8 Å². The Bertz CT molecular complexity index is 1400. The molecule has 0 saturated carbocycles. The zero-order chi connectivity index (χ0) is 22.7. The molecule has 4 aromatic rings. The fraction of sp³-hybridized carbons (Fsp3) is 0.0909. The molecule has 0 spiro atoms. The van der Waals surface area contributed by atoms with E-state index in [-0.39, 0.29) is 21.3 Å². The van der Waals surface area contributed by atoms with Gasteiger partial charge in [0.25, 0.3) is 10.0 Å². The van der Waals surface area contributed by atoms with Crippen LogP contribution < -0.4 is 14.6 Å². The van der Waals surface area contributed by atoms with Gasteiger partial charge in [-0.25, -0.2) is 22.8 Å². The number of benzene rings is 3. The third kappa shape index (κ3) is 4.71. The van der Waals surface area contributed by atoms with Crippen LogP contribution in [0.5, 0.6) is 5.75 Å². The number of halogens is 1. The largest absolute Gasteiger partial charge is 0.858 e. The lowest BCUT2D eigenvalue weighted by molar-refractivity contribution is -0.212. The lowest BCUT2D eigenvalue weighted by atomic mass is 10.2. The van der Waals surface area contributed by atoms with Crippen LogP contribution in [0, 0.1) is 5.82 Å². The molecule has 0 aliphatic rings. The molecule has 10 heteroatoms. The average Bonchev–Trinajstić information content (AvgIpc) is 3.16. The molecule has 0 bridgehead atoms. The van der Waals surface area contributed by atoms with Crippen molar-refractivity contribution in [3.63, 3.8) is 0 Å².